The molecule has 1 aliphatic heterocycles. The lowest BCUT2D eigenvalue weighted by molar-refractivity contribution is 0.112. The number of β-amino-alcohol motifs (C(OH)–C–C–N with tert-alkyl or cyclic N) is 1. The molecule has 1 saturated heterocycles. The first-order valence-electron chi connectivity index (χ1n) is 4.17. The van der Waals surface area contributed by atoms with Crippen LogP contribution in [-0.2, 0) is 0 Å². The maximum Gasteiger partial charge on any atom is 0.275 e. The Morgan fingerprint density at radius 1 is 1.71 bits per heavy atom. The molecule has 1 fully saturated rings. The summed E-state index contributed by atoms with van der Waals surface area (Å²) < 4.78 is 4.94. The Morgan fingerprint density at radius 2 is 2.43 bits per heavy atom. The van der Waals surface area contributed by atoms with Crippen LogP contribution in [0.15, 0.2) is 0 Å². The Balaban J connectivity index is 2.23. The van der Waals surface area contributed by atoms with E-state index in [-0.39, 0.29) is 6.10 Å². The first kappa shape index (κ1) is 9.42. The van der Waals surface area contributed by atoms with E-state index in [1.54, 1.807) is 0 Å². The fourth-order valence-electron chi connectivity index (χ4n) is 1.32. The Kier molecular flexibility index (Phi) is 2.39. The molecule has 14 heavy (non-hydrogen) atoms. The number of carbonyl (C=O) groups excluding carboxylic acids is 1. The molecule has 0 bridgehead atoms. The molecular formula is C8H10N2O3S. The second kappa shape index (κ2) is 3.55. The molecule has 5 nitrogen and oxygen atoms in total. The van der Waals surface area contributed by atoms with Crippen LogP contribution in [0.5, 0.6) is 5.19 Å². The quantitative estimate of drug-likeness (QED) is 0.725. The van der Waals surface area contributed by atoms with Crippen LogP contribution in [-0.4, -0.2) is 42.7 Å². The van der Waals surface area contributed by atoms with Gasteiger partial charge < -0.3 is 14.7 Å². The predicted octanol–water partition coefficient (Wildman–Crippen LogP) is 0.145. The molecule has 6 heteroatoms. The second-order valence-electron chi connectivity index (χ2n) is 3.05. The largest absolute Gasteiger partial charge is 0.473 e. The molecule has 0 unspecified atom stereocenters. The molecule has 1 aromatic heterocycles. The number of ether oxygens (including phenoxy) is 1. The Bertz CT molecular complexity index is 346. The SMILES string of the molecule is COc1nc(N2CC(O)C2)c(C=O)s1. The van der Waals surface area contributed by atoms with Crippen molar-refractivity contribution in [2.45, 2.75) is 6.10 Å². The van der Waals surface area contributed by atoms with Gasteiger partial charge in [-0.05, 0) is 0 Å². The van der Waals surface area contributed by atoms with Gasteiger partial charge in [0.1, 0.15) is 4.88 Å². The highest BCUT2D eigenvalue weighted by molar-refractivity contribution is 7.15. The number of aromatic nitrogens is 1. The Labute approximate surface area is 84.9 Å². The molecule has 0 amide bonds. The molecule has 0 saturated carbocycles. The van der Waals surface area contributed by atoms with Crippen LogP contribution in [0.4, 0.5) is 5.82 Å². The molecule has 76 valence electrons. The van der Waals surface area contributed by atoms with Crippen molar-refractivity contribution in [2.24, 2.45) is 0 Å². The minimum Gasteiger partial charge on any atom is -0.473 e. The van der Waals surface area contributed by atoms with Gasteiger partial charge in [-0.3, -0.25) is 4.79 Å². The van der Waals surface area contributed by atoms with Crippen molar-refractivity contribution in [2.75, 3.05) is 25.1 Å². The van der Waals surface area contributed by atoms with E-state index in [4.69, 9.17) is 9.84 Å². The van der Waals surface area contributed by atoms with Crippen LogP contribution < -0.4 is 9.64 Å². The lowest BCUT2D eigenvalue weighted by Crippen LogP contribution is -2.51. The lowest BCUT2D eigenvalue weighted by atomic mass is 10.2. The van der Waals surface area contributed by atoms with Gasteiger partial charge in [-0.2, -0.15) is 4.98 Å². The normalized spacial score (nSPS) is 16.6. The molecular weight excluding hydrogens is 204 g/mol. The minimum atomic E-state index is -0.304. The summed E-state index contributed by atoms with van der Waals surface area (Å²) in [6.45, 7) is 1.07. The smallest absolute Gasteiger partial charge is 0.275 e. The summed E-state index contributed by atoms with van der Waals surface area (Å²) in [5.41, 5.74) is 0. The molecule has 2 rings (SSSR count). The third-order valence-electron chi connectivity index (χ3n) is 2.06. The number of nitrogens with zero attached hydrogens (tertiary/aromatic N) is 2. The van der Waals surface area contributed by atoms with E-state index < -0.39 is 0 Å². The summed E-state index contributed by atoms with van der Waals surface area (Å²) in [4.78, 5) is 17.2. The average molecular weight is 214 g/mol. The summed E-state index contributed by atoms with van der Waals surface area (Å²) in [6.07, 6.45) is 0.461. The van der Waals surface area contributed by atoms with Crippen molar-refractivity contribution in [3.63, 3.8) is 0 Å². The van der Waals surface area contributed by atoms with Gasteiger partial charge in [0.15, 0.2) is 12.1 Å². The molecule has 1 aromatic rings. The van der Waals surface area contributed by atoms with E-state index in [1.807, 2.05) is 4.90 Å². The van der Waals surface area contributed by atoms with Crippen molar-refractivity contribution in [3.8, 4) is 5.19 Å². The number of aliphatic hydroxyl groups excluding tert-OH is 1. The molecule has 0 radical (unpaired) electrons. The predicted molar refractivity (Wildman–Crippen MR) is 52.3 cm³/mol. The third-order valence-corrected chi connectivity index (χ3v) is 2.99. The first-order chi connectivity index (χ1) is 6.74. The molecule has 1 aliphatic rings. The van der Waals surface area contributed by atoms with Crippen LogP contribution >= 0.6 is 11.3 Å². The highest BCUT2D eigenvalue weighted by atomic mass is 32.1. The molecule has 0 spiro atoms. The van der Waals surface area contributed by atoms with Gasteiger partial charge in [0, 0.05) is 13.1 Å². The van der Waals surface area contributed by atoms with Gasteiger partial charge in [-0.25, -0.2) is 0 Å². The summed E-state index contributed by atoms with van der Waals surface area (Å²) in [7, 11) is 1.52. The van der Waals surface area contributed by atoms with Gasteiger partial charge in [0.05, 0.1) is 13.2 Å². The van der Waals surface area contributed by atoms with Gasteiger partial charge in [0.2, 0.25) is 0 Å². The molecule has 0 aromatic carbocycles. The van der Waals surface area contributed by atoms with Crippen molar-refractivity contribution in [3.05, 3.63) is 4.88 Å². The maximum atomic E-state index is 10.7. The van der Waals surface area contributed by atoms with Crippen LogP contribution in [0.25, 0.3) is 0 Å². The van der Waals surface area contributed by atoms with Crippen LogP contribution in [0.3, 0.4) is 0 Å². The van der Waals surface area contributed by atoms with E-state index in [1.165, 1.54) is 18.4 Å². The standard InChI is InChI=1S/C8H10N2O3S/c1-13-8-9-7(6(4-11)14-8)10-2-5(12)3-10/h4-5,12H,2-3H2,1H3. The average Bonchev–Trinajstić information content (AvgIpc) is 2.55. The van der Waals surface area contributed by atoms with Crippen LogP contribution in [0, 0.1) is 0 Å². The fourth-order valence-corrected chi connectivity index (χ4v) is 2.04. The topological polar surface area (TPSA) is 62.7 Å². The molecule has 1 N–H and O–H groups in total. The molecule has 0 atom stereocenters. The number of hydrogen-bond donors (Lipinski definition) is 1. The summed E-state index contributed by atoms with van der Waals surface area (Å²) >= 11 is 1.21. The molecule has 0 aliphatic carbocycles. The van der Waals surface area contributed by atoms with Gasteiger partial charge in [-0.15, -0.1) is 0 Å². The highest BCUT2D eigenvalue weighted by Crippen LogP contribution is 2.32. The third kappa shape index (κ3) is 1.46. The summed E-state index contributed by atoms with van der Waals surface area (Å²) in [5, 5.41) is 9.60. The monoisotopic (exact) mass is 214 g/mol. The van der Waals surface area contributed by atoms with Crippen LogP contribution in [0.2, 0.25) is 0 Å². The van der Waals surface area contributed by atoms with Gasteiger partial charge in [-0.1, -0.05) is 11.3 Å². The van der Waals surface area contributed by atoms with E-state index in [2.05, 4.69) is 4.98 Å². The number of rotatable bonds is 3. The van der Waals surface area contributed by atoms with Crippen molar-refractivity contribution >= 4 is 23.4 Å². The second-order valence-corrected chi connectivity index (χ2v) is 4.04. The number of aliphatic hydroxyl groups is 1. The number of methoxy groups -OCH3 is 1. The fraction of sp³-hybridized carbons (Fsp3) is 0.500. The van der Waals surface area contributed by atoms with Crippen molar-refractivity contribution < 1.29 is 14.6 Å². The Hall–Kier alpha value is -1.14. The zero-order chi connectivity index (χ0) is 10.1. The van der Waals surface area contributed by atoms with E-state index in [0.717, 1.165) is 6.29 Å². The first-order valence-corrected chi connectivity index (χ1v) is 4.99. The van der Waals surface area contributed by atoms with Crippen molar-refractivity contribution in [1.82, 2.24) is 4.98 Å². The zero-order valence-electron chi connectivity index (χ0n) is 7.64. The molecule has 2 heterocycles. The maximum absolute atomic E-state index is 10.7. The summed E-state index contributed by atoms with van der Waals surface area (Å²) in [6, 6.07) is 0. The number of hydrogen-bond acceptors (Lipinski definition) is 6. The number of anilines is 1. The number of carbonyl (C=O) groups is 1. The van der Waals surface area contributed by atoms with E-state index in [9.17, 15) is 4.79 Å². The minimum absolute atomic E-state index is 0.304. The highest BCUT2D eigenvalue weighted by Gasteiger charge is 2.29. The Morgan fingerprint density at radius 3 is 2.93 bits per heavy atom. The van der Waals surface area contributed by atoms with Gasteiger partial charge in [0.25, 0.3) is 5.19 Å². The van der Waals surface area contributed by atoms with Crippen molar-refractivity contribution in [1.29, 1.82) is 0 Å². The number of thiazole rings is 1. The van der Waals surface area contributed by atoms with E-state index >= 15 is 0 Å². The van der Waals surface area contributed by atoms with E-state index in [0.29, 0.717) is 29.0 Å². The van der Waals surface area contributed by atoms with Crippen LogP contribution in [0.1, 0.15) is 9.67 Å². The van der Waals surface area contributed by atoms with Gasteiger partial charge >= 0.3 is 0 Å². The zero-order valence-corrected chi connectivity index (χ0v) is 8.45. The summed E-state index contributed by atoms with van der Waals surface area (Å²) in [5.74, 6) is 0.618. The lowest BCUT2D eigenvalue weighted by Gasteiger charge is -2.36. The number of aldehydes is 1.